The maximum atomic E-state index is 12.4. The Kier molecular flexibility index (Phi) is 5.11. The van der Waals surface area contributed by atoms with Crippen molar-refractivity contribution in [2.75, 3.05) is 26.2 Å². The Morgan fingerprint density at radius 2 is 1.96 bits per heavy atom. The van der Waals surface area contributed by atoms with E-state index in [1.165, 1.54) is 22.3 Å². The van der Waals surface area contributed by atoms with Crippen LogP contribution in [0.25, 0.3) is 10.4 Å². The van der Waals surface area contributed by atoms with E-state index in [4.69, 9.17) is 16.0 Å². The van der Waals surface area contributed by atoms with E-state index in [0.717, 1.165) is 43.3 Å². The Balaban J connectivity index is 1.34. The van der Waals surface area contributed by atoms with E-state index in [1.807, 2.05) is 23.1 Å². The van der Waals surface area contributed by atoms with Crippen molar-refractivity contribution in [3.05, 3.63) is 70.5 Å². The number of amides is 1. The fourth-order valence-corrected chi connectivity index (χ4v) is 4.39. The third-order valence-electron chi connectivity index (χ3n) is 4.58. The van der Waals surface area contributed by atoms with Crippen molar-refractivity contribution >= 4 is 28.8 Å². The zero-order valence-electron chi connectivity index (χ0n) is 14.2. The average Bonchev–Trinajstić information content (AvgIpc) is 3.34. The molecule has 1 saturated heterocycles. The predicted octanol–water partition coefficient (Wildman–Crippen LogP) is 4.62. The van der Waals surface area contributed by atoms with Crippen LogP contribution in [-0.2, 0) is 6.54 Å². The molecule has 1 aromatic carbocycles. The summed E-state index contributed by atoms with van der Waals surface area (Å²) in [5.41, 5.74) is 1.78. The Bertz CT molecular complexity index is 883. The van der Waals surface area contributed by atoms with Crippen molar-refractivity contribution in [1.82, 2.24) is 9.80 Å². The topological polar surface area (TPSA) is 36.7 Å². The number of furan rings is 1. The zero-order valence-corrected chi connectivity index (χ0v) is 15.8. The molecule has 6 heteroatoms. The number of nitrogens with zero attached hydrogens (tertiary/aromatic N) is 2. The molecule has 0 unspecified atom stereocenters. The molecule has 1 fully saturated rings. The van der Waals surface area contributed by atoms with Gasteiger partial charge in [0.1, 0.15) is 6.26 Å². The number of hydrogen-bond donors (Lipinski definition) is 0. The van der Waals surface area contributed by atoms with Gasteiger partial charge in [-0.15, -0.1) is 11.3 Å². The van der Waals surface area contributed by atoms with Crippen LogP contribution in [0.2, 0.25) is 5.02 Å². The molecule has 1 aliphatic heterocycles. The van der Waals surface area contributed by atoms with E-state index >= 15 is 0 Å². The summed E-state index contributed by atoms with van der Waals surface area (Å²) in [5.74, 6) is 0.0535. The molecule has 0 spiro atoms. The standard InChI is InChI=1S/C20H19ClN2O2S/c21-17-3-1-2-15(12-17)19-5-4-18(26-19)13-22-7-9-23(10-8-22)20(24)16-6-11-25-14-16/h1-6,11-12,14H,7-10,13H2. The summed E-state index contributed by atoms with van der Waals surface area (Å²) in [6, 6.07) is 14.0. The molecule has 1 amide bonds. The maximum Gasteiger partial charge on any atom is 0.257 e. The largest absolute Gasteiger partial charge is 0.472 e. The van der Waals surface area contributed by atoms with E-state index in [1.54, 1.807) is 17.4 Å². The fraction of sp³-hybridized carbons (Fsp3) is 0.250. The van der Waals surface area contributed by atoms with Crippen molar-refractivity contribution in [2.24, 2.45) is 0 Å². The van der Waals surface area contributed by atoms with E-state index in [0.29, 0.717) is 5.56 Å². The minimum atomic E-state index is 0.0535. The van der Waals surface area contributed by atoms with Gasteiger partial charge in [0, 0.05) is 47.5 Å². The van der Waals surface area contributed by atoms with Crippen LogP contribution >= 0.6 is 22.9 Å². The Morgan fingerprint density at radius 1 is 1.12 bits per heavy atom. The molecule has 26 heavy (non-hydrogen) atoms. The fourth-order valence-electron chi connectivity index (χ4n) is 3.16. The SMILES string of the molecule is O=C(c1ccoc1)N1CCN(Cc2ccc(-c3cccc(Cl)c3)s2)CC1. The van der Waals surface area contributed by atoms with Gasteiger partial charge in [0.25, 0.3) is 5.91 Å². The number of benzene rings is 1. The molecule has 0 radical (unpaired) electrons. The minimum Gasteiger partial charge on any atom is -0.472 e. The van der Waals surface area contributed by atoms with Gasteiger partial charge in [-0.25, -0.2) is 0 Å². The third-order valence-corrected chi connectivity index (χ3v) is 5.93. The summed E-state index contributed by atoms with van der Waals surface area (Å²) in [7, 11) is 0. The van der Waals surface area contributed by atoms with Crippen molar-refractivity contribution in [2.45, 2.75) is 6.54 Å². The second kappa shape index (κ2) is 7.66. The normalized spacial score (nSPS) is 15.3. The molecule has 0 bridgehead atoms. The number of carbonyl (C=O) groups is 1. The molecule has 2 aromatic heterocycles. The van der Waals surface area contributed by atoms with Gasteiger partial charge in [-0.2, -0.15) is 0 Å². The van der Waals surface area contributed by atoms with Crippen molar-refractivity contribution in [1.29, 1.82) is 0 Å². The highest BCUT2D eigenvalue weighted by atomic mass is 35.5. The zero-order chi connectivity index (χ0) is 17.9. The van der Waals surface area contributed by atoms with Gasteiger partial charge in [0.15, 0.2) is 0 Å². The van der Waals surface area contributed by atoms with E-state index in [-0.39, 0.29) is 5.91 Å². The molecule has 0 saturated carbocycles. The number of halogens is 1. The van der Waals surface area contributed by atoms with Crippen LogP contribution in [-0.4, -0.2) is 41.9 Å². The summed E-state index contributed by atoms with van der Waals surface area (Å²) in [4.78, 5) is 19.2. The molecule has 134 valence electrons. The Hall–Kier alpha value is -2.08. The van der Waals surface area contributed by atoms with Gasteiger partial charge in [-0.3, -0.25) is 9.69 Å². The highest BCUT2D eigenvalue weighted by Gasteiger charge is 2.23. The Labute approximate surface area is 161 Å². The monoisotopic (exact) mass is 386 g/mol. The molecule has 3 heterocycles. The summed E-state index contributed by atoms with van der Waals surface area (Å²) >= 11 is 7.89. The maximum absolute atomic E-state index is 12.4. The summed E-state index contributed by atoms with van der Waals surface area (Å²) in [6.45, 7) is 4.17. The summed E-state index contributed by atoms with van der Waals surface area (Å²) < 4.78 is 5.01. The highest BCUT2D eigenvalue weighted by Crippen LogP contribution is 2.30. The molecular weight excluding hydrogens is 368 g/mol. The lowest BCUT2D eigenvalue weighted by Crippen LogP contribution is -2.48. The van der Waals surface area contributed by atoms with Gasteiger partial charge < -0.3 is 9.32 Å². The molecule has 4 nitrogen and oxygen atoms in total. The summed E-state index contributed by atoms with van der Waals surface area (Å²) in [5, 5.41) is 0.760. The molecule has 0 atom stereocenters. The van der Waals surface area contributed by atoms with Crippen molar-refractivity contribution in [3.63, 3.8) is 0 Å². The first-order valence-electron chi connectivity index (χ1n) is 8.57. The first kappa shape index (κ1) is 17.3. The molecular formula is C20H19ClN2O2S. The van der Waals surface area contributed by atoms with Gasteiger partial charge in [-0.05, 0) is 35.9 Å². The lowest BCUT2D eigenvalue weighted by molar-refractivity contribution is 0.0629. The van der Waals surface area contributed by atoms with Gasteiger partial charge >= 0.3 is 0 Å². The van der Waals surface area contributed by atoms with Crippen LogP contribution in [0.4, 0.5) is 0 Å². The predicted molar refractivity (Wildman–Crippen MR) is 105 cm³/mol. The second-order valence-electron chi connectivity index (χ2n) is 6.36. The van der Waals surface area contributed by atoms with E-state index < -0.39 is 0 Å². The van der Waals surface area contributed by atoms with Gasteiger partial charge in [-0.1, -0.05) is 23.7 Å². The molecule has 3 aromatic rings. The minimum absolute atomic E-state index is 0.0535. The molecule has 4 rings (SSSR count). The smallest absolute Gasteiger partial charge is 0.257 e. The third kappa shape index (κ3) is 3.85. The number of piperazine rings is 1. The number of hydrogen-bond acceptors (Lipinski definition) is 4. The van der Waals surface area contributed by atoms with Gasteiger partial charge in [0.05, 0.1) is 11.8 Å². The lowest BCUT2D eigenvalue weighted by atomic mass is 10.2. The van der Waals surface area contributed by atoms with Crippen molar-refractivity contribution < 1.29 is 9.21 Å². The average molecular weight is 387 g/mol. The van der Waals surface area contributed by atoms with Crippen LogP contribution in [0.5, 0.6) is 0 Å². The number of carbonyl (C=O) groups excluding carboxylic acids is 1. The molecule has 0 aliphatic carbocycles. The van der Waals surface area contributed by atoms with Gasteiger partial charge in [0.2, 0.25) is 0 Å². The second-order valence-corrected chi connectivity index (χ2v) is 7.96. The molecule has 0 N–H and O–H groups in total. The van der Waals surface area contributed by atoms with Crippen LogP contribution in [0, 0.1) is 0 Å². The van der Waals surface area contributed by atoms with Crippen LogP contribution in [0.3, 0.4) is 0 Å². The number of rotatable bonds is 4. The lowest BCUT2D eigenvalue weighted by Gasteiger charge is -2.34. The highest BCUT2D eigenvalue weighted by molar-refractivity contribution is 7.15. The first-order valence-corrected chi connectivity index (χ1v) is 9.77. The first-order chi connectivity index (χ1) is 12.7. The van der Waals surface area contributed by atoms with Crippen LogP contribution in [0.15, 0.2) is 59.4 Å². The summed E-state index contributed by atoms with van der Waals surface area (Å²) in [6.07, 6.45) is 3.05. The van der Waals surface area contributed by atoms with Crippen LogP contribution < -0.4 is 0 Å². The van der Waals surface area contributed by atoms with Crippen LogP contribution in [0.1, 0.15) is 15.2 Å². The quantitative estimate of drug-likeness (QED) is 0.656. The van der Waals surface area contributed by atoms with E-state index in [9.17, 15) is 4.79 Å². The molecule has 1 aliphatic rings. The van der Waals surface area contributed by atoms with E-state index in [2.05, 4.69) is 23.1 Å². The van der Waals surface area contributed by atoms with Crippen molar-refractivity contribution in [3.8, 4) is 10.4 Å². The Morgan fingerprint density at radius 3 is 2.69 bits per heavy atom. The number of thiophene rings is 1.